The molecule has 0 heterocycles. The molecule has 2 aromatic carbocycles. The van der Waals surface area contributed by atoms with E-state index < -0.39 is 0 Å². The van der Waals surface area contributed by atoms with Crippen LogP contribution in [-0.2, 0) is 4.74 Å². The van der Waals surface area contributed by atoms with Gasteiger partial charge in [0.1, 0.15) is 12.4 Å². The fourth-order valence-corrected chi connectivity index (χ4v) is 2.43. The minimum atomic E-state index is 0.595. The molecule has 2 heteroatoms. The standard InChI is InChI=1S/C18H22O2/c1-4-19-10-11-20-17-12-14(2)18(15(3)13-17)16-8-6-5-7-9-16/h5-9,12-13H,4,10-11H2,1-3H3. The fraction of sp³-hybridized carbons (Fsp3) is 0.333. The minimum absolute atomic E-state index is 0.595. The molecule has 0 spiro atoms. The SMILES string of the molecule is CCOCCOc1cc(C)c(-c2ccccc2)c(C)c1. The molecule has 0 amide bonds. The first-order valence-corrected chi connectivity index (χ1v) is 7.09. The first-order chi connectivity index (χ1) is 9.72. The summed E-state index contributed by atoms with van der Waals surface area (Å²) < 4.78 is 11.0. The van der Waals surface area contributed by atoms with E-state index in [-0.39, 0.29) is 0 Å². The highest BCUT2D eigenvalue weighted by atomic mass is 16.5. The highest BCUT2D eigenvalue weighted by molar-refractivity contribution is 5.71. The third-order valence-corrected chi connectivity index (χ3v) is 3.27. The molecule has 106 valence electrons. The summed E-state index contributed by atoms with van der Waals surface area (Å²) in [4.78, 5) is 0. The molecule has 0 N–H and O–H groups in total. The Morgan fingerprint density at radius 1 is 0.900 bits per heavy atom. The second-order valence-electron chi connectivity index (χ2n) is 4.84. The summed E-state index contributed by atoms with van der Waals surface area (Å²) in [6.45, 7) is 8.21. The van der Waals surface area contributed by atoms with Crippen molar-refractivity contribution in [3.05, 3.63) is 53.6 Å². The van der Waals surface area contributed by atoms with E-state index >= 15 is 0 Å². The van der Waals surface area contributed by atoms with Crippen molar-refractivity contribution in [2.24, 2.45) is 0 Å². The van der Waals surface area contributed by atoms with Gasteiger partial charge in [-0.25, -0.2) is 0 Å². The molecule has 20 heavy (non-hydrogen) atoms. The van der Waals surface area contributed by atoms with Crippen LogP contribution in [0.1, 0.15) is 18.1 Å². The van der Waals surface area contributed by atoms with Gasteiger partial charge >= 0.3 is 0 Å². The molecule has 0 saturated heterocycles. The van der Waals surface area contributed by atoms with Crippen molar-refractivity contribution in [1.82, 2.24) is 0 Å². The fourth-order valence-electron chi connectivity index (χ4n) is 2.43. The lowest BCUT2D eigenvalue weighted by molar-refractivity contribution is 0.110. The van der Waals surface area contributed by atoms with Crippen molar-refractivity contribution >= 4 is 0 Å². The smallest absolute Gasteiger partial charge is 0.119 e. The molecule has 0 bridgehead atoms. The van der Waals surface area contributed by atoms with Crippen LogP contribution in [-0.4, -0.2) is 19.8 Å². The van der Waals surface area contributed by atoms with Crippen LogP contribution in [0.2, 0.25) is 0 Å². The molecular weight excluding hydrogens is 248 g/mol. The van der Waals surface area contributed by atoms with E-state index in [2.05, 4.69) is 50.2 Å². The number of hydrogen-bond acceptors (Lipinski definition) is 2. The molecule has 2 aromatic rings. The van der Waals surface area contributed by atoms with E-state index in [1.54, 1.807) is 0 Å². The highest BCUT2D eigenvalue weighted by Gasteiger charge is 2.07. The molecule has 0 aliphatic carbocycles. The van der Waals surface area contributed by atoms with Gasteiger partial charge < -0.3 is 9.47 Å². The lowest BCUT2D eigenvalue weighted by atomic mass is 9.95. The van der Waals surface area contributed by atoms with Crippen molar-refractivity contribution in [3.63, 3.8) is 0 Å². The number of hydrogen-bond donors (Lipinski definition) is 0. The maximum Gasteiger partial charge on any atom is 0.119 e. The van der Waals surface area contributed by atoms with Crippen LogP contribution in [0.5, 0.6) is 5.75 Å². The van der Waals surface area contributed by atoms with Crippen LogP contribution < -0.4 is 4.74 Å². The minimum Gasteiger partial charge on any atom is -0.491 e. The Kier molecular flexibility index (Phi) is 5.19. The lowest BCUT2D eigenvalue weighted by Crippen LogP contribution is -2.06. The third kappa shape index (κ3) is 3.61. The molecule has 0 radical (unpaired) electrons. The predicted molar refractivity (Wildman–Crippen MR) is 83.3 cm³/mol. The van der Waals surface area contributed by atoms with Gasteiger partial charge in [0.2, 0.25) is 0 Å². The Morgan fingerprint density at radius 3 is 2.15 bits per heavy atom. The summed E-state index contributed by atoms with van der Waals surface area (Å²) in [6.07, 6.45) is 0. The summed E-state index contributed by atoms with van der Waals surface area (Å²) in [6, 6.07) is 14.7. The van der Waals surface area contributed by atoms with Crippen molar-refractivity contribution in [2.75, 3.05) is 19.8 Å². The van der Waals surface area contributed by atoms with Crippen molar-refractivity contribution in [2.45, 2.75) is 20.8 Å². The molecule has 0 unspecified atom stereocenters. The first-order valence-electron chi connectivity index (χ1n) is 7.09. The molecule has 0 saturated carbocycles. The Morgan fingerprint density at radius 2 is 1.55 bits per heavy atom. The Balaban J connectivity index is 2.17. The van der Waals surface area contributed by atoms with Crippen LogP contribution in [0, 0.1) is 13.8 Å². The van der Waals surface area contributed by atoms with Gasteiger partial charge in [-0.05, 0) is 55.2 Å². The Labute approximate surface area is 121 Å². The van der Waals surface area contributed by atoms with Crippen LogP contribution in [0.3, 0.4) is 0 Å². The van der Waals surface area contributed by atoms with Gasteiger partial charge in [0, 0.05) is 6.61 Å². The molecule has 0 aliphatic rings. The summed E-state index contributed by atoms with van der Waals surface area (Å²) in [7, 11) is 0. The first kappa shape index (κ1) is 14.6. The van der Waals surface area contributed by atoms with Crippen molar-refractivity contribution in [3.8, 4) is 16.9 Å². The second-order valence-corrected chi connectivity index (χ2v) is 4.84. The van der Waals surface area contributed by atoms with E-state index in [0.717, 1.165) is 12.4 Å². The topological polar surface area (TPSA) is 18.5 Å². The molecule has 0 aliphatic heterocycles. The van der Waals surface area contributed by atoms with Crippen molar-refractivity contribution in [1.29, 1.82) is 0 Å². The van der Waals surface area contributed by atoms with Gasteiger partial charge in [0.15, 0.2) is 0 Å². The molecule has 0 aromatic heterocycles. The Hall–Kier alpha value is -1.80. The highest BCUT2D eigenvalue weighted by Crippen LogP contribution is 2.30. The van der Waals surface area contributed by atoms with Gasteiger partial charge in [-0.1, -0.05) is 30.3 Å². The van der Waals surface area contributed by atoms with Crippen LogP contribution >= 0.6 is 0 Å². The lowest BCUT2D eigenvalue weighted by Gasteiger charge is -2.14. The largest absolute Gasteiger partial charge is 0.491 e. The van der Waals surface area contributed by atoms with Gasteiger partial charge in [0.05, 0.1) is 6.61 Å². The third-order valence-electron chi connectivity index (χ3n) is 3.27. The summed E-state index contributed by atoms with van der Waals surface area (Å²) in [5, 5.41) is 0. The normalized spacial score (nSPS) is 10.6. The number of ether oxygens (including phenoxy) is 2. The average Bonchev–Trinajstić information content (AvgIpc) is 2.44. The van der Waals surface area contributed by atoms with E-state index in [9.17, 15) is 0 Å². The van der Waals surface area contributed by atoms with Crippen LogP contribution in [0.15, 0.2) is 42.5 Å². The molecule has 2 nitrogen and oxygen atoms in total. The zero-order valence-electron chi connectivity index (χ0n) is 12.5. The summed E-state index contributed by atoms with van der Waals surface area (Å²) >= 11 is 0. The summed E-state index contributed by atoms with van der Waals surface area (Å²) in [5.41, 5.74) is 5.02. The summed E-state index contributed by atoms with van der Waals surface area (Å²) in [5.74, 6) is 0.916. The molecule has 2 rings (SSSR count). The zero-order valence-corrected chi connectivity index (χ0v) is 12.5. The molecule has 0 fully saturated rings. The number of benzene rings is 2. The van der Waals surface area contributed by atoms with Gasteiger partial charge in [-0.2, -0.15) is 0 Å². The molecule has 0 atom stereocenters. The van der Waals surface area contributed by atoms with Crippen molar-refractivity contribution < 1.29 is 9.47 Å². The number of rotatable bonds is 6. The van der Waals surface area contributed by atoms with E-state index in [1.807, 2.05) is 13.0 Å². The van der Waals surface area contributed by atoms with Gasteiger partial charge in [0.25, 0.3) is 0 Å². The monoisotopic (exact) mass is 270 g/mol. The van der Waals surface area contributed by atoms with Gasteiger partial charge in [-0.3, -0.25) is 0 Å². The van der Waals surface area contributed by atoms with Crippen LogP contribution in [0.4, 0.5) is 0 Å². The predicted octanol–water partition coefficient (Wildman–Crippen LogP) is 4.39. The maximum absolute atomic E-state index is 5.74. The van der Waals surface area contributed by atoms with Crippen LogP contribution in [0.25, 0.3) is 11.1 Å². The second kappa shape index (κ2) is 7.11. The zero-order chi connectivity index (χ0) is 14.4. The Bertz CT molecular complexity index is 524. The number of aryl methyl sites for hydroxylation is 2. The maximum atomic E-state index is 5.74. The quantitative estimate of drug-likeness (QED) is 0.725. The van der Waals surface area contributed by atoms with Gasteiger partial charge in [-0.15, -0.1) is 0 Å². The van der Waals surface area contributed by atoms with E-state index in [4.69, 9.17) is 9.47 Å². The van der Waals surface area contributed by atoms with E-state index in [1.165, 1.54) is 22.3 Å². The average molecular weight is 270 g/mol. The van der Waals surface area contributed by atoms with E-state index in [0.29, 0.717) is 13.2 Å². The molecular formula is C18H22O2.